The van der Waals surface area contributed by atoms with Crippen LogP contribution in [0.25, 0.3) is 0 Å². The van der Waals surface area contributed by atoms with E-state index in [1.165, 1.54) is 6.42 Å². The standard InChI is InChI=1S/C15H18N2O4.C2H2N2O4/c1-11-7-9-13(10-8-11)21-15(19)17-16-14(18)20-12-5-3-2-4-6-12;5-1(6)3-4-2(7)8/h7-10,12H,2-6H2,1H3;(H,5,6)(H,7,8). The molecule has 12 nitrogen and oxygen atoms in total. The first-order valence-electron chi connectivity index (χ1n) is 8.54. The van der Waals surface area contributed by atoms with Crippen LogP contribution >= 0.6 is 0 Å². The van der Waals surface area contributed by atoms with Crippen LogP contribution in [0.4, 0.5) is 19.2 Å². The van der Waals surface area contributed by atoms with Crippen molar-refractivity contribution in [3.05, 3.63) is 29.8 Å². The molecule has 0 aromatic heterocycles. The zero-order valence-corrected chi connectivity index (χ0v) is 15.6. The van der Waals surface area contributed by atoms with E-state index in [0.717, 1.165) is 31.2 Å². The highest BCUT2D eigenvalue weighted by Gasteiger charge is 2.17. The van der Waals surface area contributed by atoms with E-state index in [1.807, 2.05) is 6.92 Å². The maximum atomic E-state index is 11.4. The Bertz CT molecular complexity index is 754. The third-order valence-electron chi connectivity index (χ3n) is 3.48. The quantitative estimate of drug-likeness (QED) is 0.626. The minimum atomic E-state index is -1.62. The number of carboxylic acid groups (broad SMARTS) is 2. The third kappa shape index (κ3) is 11.6. The molecule has 0 heterocycles. The molecule has 12 heteroatoms. The van der Waals surface area contributed by atoms with Gasteiger partial charge in [0.05, 0.1) is 0 Å². The zero-order valence-electron chi connectivity index (χ0n) is 15.6. The molecule has 0 bridgehead atoms. The number of hydrogen-bond acceptors (Lipinski definition) is 6. The van der Waals surface area contributed by atoms with Gasteiger partial charge in [0.2, 0.25) is 0 Å². The van der Waals surface area contributed by atoms with E-state index < -0.39 is 24.4 Å². The van der Waals surface area contributed by atoms with Crippen LogP contribution in [0, 0.1) is 6.92 Å². The molecule has 2 N–H and O–H groups in total. The second-order valence-corrected chi connectivity index (χ2v) is 5.79. The summed E-state index contributed by atoms with van der Waals surface area (Å²) < 4.78 is 10.0. The maximum absolute atomic E-state index is 11.4. The Hall–Kier alpha value is -3.70. The SMILES string of the molecule is Cc1ccc(OC(=O)N=NC(=O)OC2CCCCC2)cc1.O=C(O)N=NC(=O)O. The predicted octanol–water partition coefficient (Wildman–Crippen LogP) is 5.21. The lowest BCUT2D eigenvalue weighted by Crippen LogP contribution is -2.19. The fourth-order valence-electron chi connectivity index (χ4n) is 2.24. The summed E-state index contributed by atoms with van der Waals surface area (Å²) in [4.78, 5) is 41.6. The molecule has 0 unspecified atom stereocenters. The number of amides is 4. The number of carbonyl (C=O) groups excluding carboxylic acids is 2. The smallest absolute Gasteiger partial charge is 0.458 e. The van der Waals surface area contributed by atoms with Crippen LogP contribution in [0.3, 0.4) is 0 Å². The van der Waals surface area contributed by atoms with E-state index in [-0.39, 0.29) is 6.10 Å². The Morgan fingerprint density at radius 3 is 1.86 bits per heavy atom. The van der Waals surface area contributed by atoms with E-state index in [1.54, 1.807) is 24.3 Å². The average Bonchev–Trinajstić information content (AvgIpc) is 2.68. The van der Waals surface area contributed by atoms with Crippen LogP contribution in [0.2, 0.25) is 0 Å². The molecule has 1 aliphatic carbocycles. The van der Waals surface area contributed by atoms with Crippen molar-refractivity contribution in [3.63, 3.8) is 0 Å². The second-order valence-electron chi connectivity index (χ2n) is 5.79. The highest BCUT2D eigenvalue weighted by Crippen LogP contribution is 2.20. The van der Waals surface area contributed by atoms with Crippen molar-refractivity contribution >= 4 is 24.4 Å². The fraction of sp³-hybridized carbons (Fsp3) is 0.412. The highest BCUT2D eigenvalue weighted by molar-refractivity contribution is 5.74. The molecule has 0 atom stereocenters. The van der Waals surface area contributed by atoms with Gasteiger partial charge in [-0.15, -0.1) is 0 Å². The molecule has 1 saturated carbocycles. The van der Waals surface area contributed by atoms with E-state index in [2.05, 4.69) is 20.5 Å². The van der Waals surface area contributed by atoms with Gasteiger partial charge in [0, 0.05) is 0 Å². The highest BCUT2D eigenvalue weighted by atomic mass is 16.6. The van der Waals surface area contributed by atoms with Crippen LogP contribution in [-0.2, 0) is 4.74 Å². The van der Waals surface area contributed by atoms with E-state index in [0.29, 0.717) is 5.75 Å². The van der Waals surface area contributed by atoms with Gasteiger partial charge >= 0.3 is 24.4 Å². The lowest BCUT2D eigenvalue weighted by Gasteiger charge is -2.20. The van der Waals surface area contributed by atoms with Gasteiger partial charge < -0.3 is 19.7 Å². The first kappa shape index (κ1) is 23.3. The molecule has 2 rings (SSSR count). The molecule has 0 spiro atoms. The van der Waals surface area contributed by atoms with Crippen molar-refractivity contribution in [2.75, 3.05) is 0 Å². The molecular formula is C17H20N4O8. The number of azo groups is 2. The Morgan fingerprint density at radius 2 is 1.34 bits per heavy atom. The number of nitrogens with zero attached hydrogens (tertiary/aromatic N) is 4. The minimum Gasteiger partial charge on any atom is -0.462 e. The minimum absolute atomic E-state index is 0.113. The van der Waals surface area contributed by atoms with Crippen LogP contribution in [0.5, 0.6) is 5.75 Å². The van der Waals surface area contributed by atoms with Crippen molar-refractivity contribution in [1.82, 2.24) is 0 Å². The molecule has 1 aliphatic rings. The van der Waals surface area contributed by atoms with Crippen molar-refractivity contribution in [1.29, 1.82) is 0 Å². The summed E-state index contributed by atoms with van der Waals surface area (Å²) in [6.45, 7) is 1.92. The first-order chi connectivity index (χ1) is 13.8. The summed E-state index contributed by atoms with van der Waals surface area (Å²) in [5.41, 5.74) is 1.05. The number of aryl methyl sites for hydroxylation is 1. The molecule has 29 heavy (non-hydrogen) atoms. The predicted molar refractivity (Wildman–Crippen MR) is 96.3 cm³/mol. The molecule has 1 aromatic carbocycles. The van der Waals surface area contributed by atoms with Crippen molar-refractivity contribution in [3.8, 4) is 5.75 Å². The van der Waals surface area contributed by atoms with E-state index in [4.69, 9.17) is 19.7 Å². The Kier molecular flexibility index (Phi) is 10.2. The van der Waals surface area contributed by atoms with Crippen molar-refractivity contribution in [2.45, 2.75) is 45.1 Å². The molecule has 0 radical (unpaired) electrons. The van der Waals surface area contributed by atoms with E-state index in [9.17, 15) is 19.2 Å². The van der Waals surface area contributed by atoms with Gasteiger partial charge in [0.15, 0.2) is 0 Å². The summed E-state index contributed by atoms with van der Waals surface area (Å²) >= 11 is 0. The molecule has 0 saturated heterocycles. The van der Waals surface area contributed by atoms with Gasteiger partial charge in [0.25, 0.3) is 0 Å². The molecule has 4 amide bonds. The van der Waals surface area contributed by atoms with Crippen LogP contribution in [0.15, 0.2) is 44.7 Å². The van der Waals surface area contributed by atoms with Crippen molar-refractivity contribution in [2.24, 2.45) is 20.5 Å². The molecule has 156 valence electrons. The Morgan fingerprint density at radius 1 is 0.828 bits per heavy atom. The summed E-state index contributed by atoms with van der Waals surface area (Å²) in [5, 5.41) is 26.2. The van der Waals surface area contributed by atoms with Gasteiger partial charge in [-0.05, 0) is 44.7 Å². The summed E-state index contributed by atoms with van der Waals surface area (Å²) in [7, 11) is 0. The maximum Gasteiger partial charge on any atom is 0.458 e. The fourth-order valence-corrected chi connectivity index (χ4v) is 2.24. The Balaban J connectivity index is 0.000000447. The van der Waals surface area contributed by atoms with Gasteiger partial charge in [-0.2, -0.15) is 0 Å². The third-order valence-corrected chi connectivity index (χ3v) is 3.48. The molecular weight excluding hydrogens is 388 g/mol. The number of carbonyl (C=O) groups is 4. The monoisotopic (exact) mass is 408 g/mol. The summed E-state index contributed by atoms with van der Waals surface area (Å²) in [6, 6.07) is 6.89. The second kappa shape index (κ2) is 12.6. The molecule has 1 fully saturated rings. The van der Waals surface area contributed by atoms with Gasteiger partial charge in [-0.3, -0.25) is 0 Å². The lowest BCUT2D eigenvalue weighted by molar-refractivity contribution is 0.0817. The normalized spacial score (nSPS) is 14.1. The molecule has 1 aromatic rings. The number of hydrogen-bond donors (Lipinski definition) is 2. The van der Waals surface area contributed by atoms with Gasteiger partial charge in [0.1, 0.15) is 11.9 Å². The molecule has 0 aliphatic heterocycles. The van der Waals surface area contributed by atoms with Crippen LogP contribution in [-0.4, -0.2) is 40.7 Å². The van der Waals surface area contributed by atoms with Crippen LogP contribution < -0.4 is 4.74 Å². The van der Waals surface area contributed by atoms with Gasteiger partial charge in [-0.1, -0.05) is 44.6 Å². The Labute approximate surface area is 165 Å². The van der Waals surface area contributed by atoms with Crippen molar-refractivity contribution < 1.29 is 38.9 Å². The lowest BCUT2D eigenvalue weighted by atomic mass is 9.98. The summed E-state index contributed by atoms with van der Waals surface area (Å²) in [5.74, 6) is 0.352. The number of ether oxygens (including phenoxy) is 2. The van der Waals surface area contributed by atoms with E-state index >= 15 is 0 Å². The first-order valence-corrected chi connectivity index (χ1v) is 8.54. The number of rotatable bonds is 2. The largest absolute Gasteiger partial charge is 0.462 e. The summed E-state index contributed by atoms with van der Waals surface area (Å²) in [6.07, 6.45) is -0.196. The number of benzene rings is 1. The van der Waals surface area contributed by atoms with Gasteiger partial charge in [-0.25, -0.2) is 19.2 Å². The zero-order chi connectivity index (χ0) is 21.6. The topological polar surface area (TPSA) is 177 Å². The van der Waals surface area contributed by atoms with Crippen LogP contribution in [0.1, 0.15) is 37.7 Å². The average molecular weight is 408 g/mol.